The highest BCUT2D eigenvalue weighted by Crippen LogP contribution is 2.36. The second-order valence-electron chi connectivity index (χ2n) is 6.61. The number of aromatic nitrogens is 1. The van der Waals surface area contributed by atoms with Crippen molar-refractivity contribution in [1.29, 1.82) is 0 Å². The van der Waals surface area contributed by atoms with Crippen LogP contribution in [0.1, 0.15) is 44.0 Å². The van der Waals surface area contributed by atoms with Crippen LogP contribution in [0, 0.1) is 5.92 Å². The average molecular weight is 313 g/mol. The average Bonchev–Trinajstić information content (AvgIpc) is 2.96. The lowest BCUT2D eigenvalue weighted by Crippen LogP contribution is -2.51. The van der Waals surface area contributed by atoms with Crippen molar-refractivity contribution in [2.75, 3.05) is 6.54 Å². The molecule has 3 rings (SSSR count). The Labute approximate surface area is 136 Å². The van der Waals surface area contributed by atoms with Crippen molar-refractivity contribution in [3.8, 4) is 0 Å². The van der Waals surface area contributed by atoms with Crippen molar-refractivity contribution in [1.82, 2.24) is 15.2 Å². The Kier molecular flexibility index (Phi) is 4.20. The minimum absolute atomic E-state index is 0.0456. The molecule has 0 unspecified atom stereocenters. The maximum absolute atomic E-state index is 12.8. The Morgan fingerprint density at radius 2 is 2.22 bits per heavy atom. The van der Waals surface area contributed by atoms with Crippen LogP contribution in [0.3, 0.4) is 0 Å². The van der Waals surface area contributed by atoms with Crippen molar-refractivity contribution in [3.05, 3.63) is 35.2 Å². The zero-order valence-electron chi connectivity index (χ0n) is 13.9. The SMILES string of the molecule is CC[C@H](C(=O)NCC(C)C)N1Cc2ccnc3c2C(=CC3)C1=O. The summed E-state index contributed by atoms with van der Waals surface area (Å²) in [6, 6.07) is 1.53. The summed E-state index contributed by atoms with van der Waals surface area (Å²) >= 11 is 0. The minimum atomic E-state index is -0.424. The quantitative estimate of drug-likeness (QED) is 0.903. The molecule has 1 aromatic rings. The molecule has 2 amide bonds. The van der Waals surface area contributed by atoms with Crippen molar-refractivity contribution in [3.63, 3.8) is 0 Å². The predicted molar refractivity (Wildman–Crippen MR) is 88.4 cm³/mol. The number of amides is 2. The lowest BCUT2D eigenvalue weighted by molar-refractivity contribution is -0.137. The molecule has 0 aromatic carbocycles. The topological polar surface area (TPSA) is 62.3 Å². The van der Waals surface area contributed by atoms with Gasteiger partial charge < -0.3 is 10.2 Å². The molecule has 1 atom stereocenters. The molecule has 5 heteroatoms. The molecule has 0 saturated carbocycles. The van der Waals surface area contributed by atoms with Crippen molar-refractivity contribution in [2.45, 2.75) is 46.2 Å². The van der Waals surface area contributed by atoms with Crippen LogP contribution >= 0.6 is 0 Å². The fourth-order valence-corrected chi connectivity index (χ4v) is 3.29. The van der Waals surface area contributed by atoms with Gasteiger partial charge in [0.2, 0.25) is 5.91 Å². The highest BCUT2D eigenvalue weighted by molar-refractivity contribution is 6.22. The lowest BCUT2D eigenvalue weighted by atomic mass is 9.95. The fraction of sp³-hybridized carbons (Fsp3) is 0.500. The summed E-state index contributed by atoms with van der Waals surface area (Å²) in [5, 5.41) is 2.96. The van der Waals surface area contributed by atoms with Crippen molar-refractivity contribution >= 4 is 17.4 Å². The number of rotatable bonds is 5. The summed E-state index contributed by atoms with van der Waals surface area (Å²) in [5.74, 6) is 0.280. The van der Waals surface area contributed by atoms with Gasteiger partial charge in [0.05, 0.1) is 5.69 Å². The fourth-order valence-electron chi connectivity index (χ4n) is 3.29. The molecule has 1 aliphatic carbocycles. The summed E-state index contributed by atoms with van der Waals surface area (Å²) in [4.78, 5) is 31.4. The zero-order valence-corrected chi connectivity index (χ0v) is 13.9. The van der Waals surface area contributed by atoms with Crippen LogP contribution in [0.25, 0.3) is 5.57 Å². The van der Waals surface area contributed by atoms with Gasteiger partial charge in [-0.15, -0.1) is 0 Å². The Morgan fingerprint density at radius 3 is 2.91 bits per heavy atom. The Bertz CT molecular complexity index is 679. The van der Waals surface area contributed by atoms with Gasteiger partial charge in [0.1, 0.15) is 6.04 Å². The van der Waals surface area contributed by atoms with Gasteiger partial charge in [-0.05, 0) is 24.0 Å². The molecule has 2 heterocycles. The number of hydrogen-bond donors (Lipinski definition) is 1. The van der Waals surface area contributed by atoms with Crippen LogP contribution in [0.5, 0.6) is 0 Å². The first-order valence-corrected chi connectivity index (χ1v) is 8.28. The maximum atomic E-state index is 12.8. The number of hydrogen-bond acceptors (Lipinski definition) is 3. The van der Waals surface area contributed by atoms with E-state index < -0.39 is 6.04 Å². The number of pyridine rings is 1. The van der Waals surface area contributed by atoms with Gasteiger partial charge >= 0.3 is 0 Å². The molecule has 122 valence electrons. The molecule has 0 saturated heterocycles. The van der Waals surface area contributed by atoms with E-state index in [-0.39, 0.29) is 11.8 Å². The molecular formula is C18H23N3O2. The maximum Gasteiger partial charge on any atom is 0.255 e. The van der Waals surface area contributed by atoms with Crippen LogP contribution in [-0.2, 0) is 22.6 Å². The summed E-state index contributed by atoms with van der Waals surface area (Å²) in [6.07, 6.45) is 5.04. The first-order chi connectivity index (χ1) is 11.0. The van der Waals surface area contributed by atoms with Crippen LogP contribution in [-0.4, -0.2) is 34.3 Å². The Hall–Kier alpha value is -2.17. The summed E-state index contributed by atoms with van der Waals surface area (Å²) in [6.45, 7) is 7.17. The Balaban J connectivity index is 1.86. The highest BCUT2D eigenvalue weighted by Gasteiger charge is 2.37. The van der Waals surface area contributed by atoms with E-state index in [2.05, 4.69) is 24.1 Å². The predicted octanol–water partition coefficient (Wildman–Crippen LogP) is 1.91. The number of carbonyl (C=O) groups excluding carboxylic acids is 2. The summed E-state index contributed by atoms with van der Waals surface area (Å²) in [5.41, 5.74) is 3.77. The van der Waals surface area contributed by atoms with Crippen LogP contribution in [0.4, 0.5) is 0 Å². The van der Waals surface area contributed by atoms with Gasteiger partial charge in [-0.3, -0.25) is 14.6 Å². The van der Waals surface area contributed by atoms with Gasteiger partial charge in [0, 0.05) is 36.8 Å². The van der Waals surface area contributed by atoms with E-state index in [1.807, 2.05) is 19.1 Å². The monoisotopic (exact) mass is 313 g/mol. The smallest absolute Gasteiger partial charge is 0.255 e. The molecule has 0 fully saturated rings. The molecule has 0 bridgehead atoms. The second kappa shape index (κ2) is 6.14. The van der Waals surface area contributed by atoms with E-state index in [9.17, 15) is 9.59 Å². The van der Waals surface area contributed by atoms with Gasteiger partial charge in [0.15, 0.2) is 0 Å². The molecule has 0 spiro atoms. The van der Waals surface area contributed by atoms with Crippen molar-refractivity contribution in [2.24, 2.45) is 5.92 Å². The molecule has 0 radical (unpaired) electrons. The third-order valence-corrected chi connectivity index (χ3v) is 4.47. The zero-order chi connectivity index (χ0) is 16.6. The Morgan fingerprint density at radius 1 is 1.43 bits per heavy atom. The summed E-state index contributed by atoms with van der Waals surface area (Å²) in [7, 11) is 0. The van der Waals surface area contributed by atoms with E-state index in [4.69, 9.17) is 0 Å². The van der Waals surface area contributed by atoms with E-state index in [1.165, 1.54) is 0 Å². The first-order valence-electron chi connectivity index (χ1n) is 8.28. The third kappa shape index (κ3) is 2.76. The van der Waals surface area contributed by atoms with Crippen LogP contribution < -0.4 is 5.32 Å². The van der Waals surface area contributed by atoms with E-state index >= 15 is 0 Å². The van der Waals surface area contributed by atoms with E-state index in [0.717, 1.165) is 16.8 Å². The van der Waals surface area contributed by atoms with E-state index in [1.54, 1.807) is 11.1 Å². The van der Waals surface area contributed by atoms with E-state index in [0.29, 0.717) is 37.4 Å². The van der Waals surface area contributed by atoms with Gasteiger partial charge in [0.25, 0.3) is 5.91 Å². The minimum Gasteiger partial charge on any atom is -0.354 e. The summed E-state index contributed by atoms with van der Waals surface area (Å²) < 4.78 is 0. The van der Waals surface area contributed by atoms with Gasteiger partial charge in [-0.2, -0.15) is 0 Å². The molecule has 1 aliphatic heterocycles. The third-order valence-electron chi connectivity index (χ3n) is 4.47. The largest absolute Gasteiger partial charge is 0.354 e. The number of nitrogens with zero attached hydrogens (tertiary/aromatic N) is 2. The van der Waals surface area contributed by atoms with Gasteiger partial charge in [-0.25, -0.2) is 0 Å². The van der Waals surface area contributed by atoms with Gasteiger partial charge in [-0.1, -0.05) is 26.8 Å². The molecule has 1 aromatic heterocycles. The van der Waals surface area contributed by atoms with Crippen LogP contribution in [0.15, 0.2) is 18.3 Å². The molecule has 2 aliphatic rings. The number of nitrogens with one attached hydrogen (secondary N) is 1. The standard InChI is InChI=1S/C18H23N3O2/c1-4-15(17(22)20-9-11(2)3)21-10-12-7-8-19-14-6-5-13(16(12)14)18(21)23/h5,7-8,11,15H,4,6,9-10H2,1-3H3,(H,20,22)/t15-/m1/s1. The molecule has 23 heavy (non-hydrogen) atoms. The first kappa shape index (κ1) is 15.7. The molecular weight excluding hydrogens is 290 g/mol. The molecule has 5 nitrogen and oxygen atoms in total. The van der Waals surface area contributed by atoms with Crippen LogP contribution in [0.2, 0.25) is 0 Å². The number of allylic oxidation sites excluding steroid dienone is 1. The molecule has 1 N–H and O–H groups in total. The second-order valence-corrected chi connectivity index (χ2v) is 6.61. The lowest BCUT2D eigenvalue weighted by Gasteiger charge is -2.35. The number of carbonyl (C=O) groups is 2. The normalized spacial score (nSPS) is 17.1. The highest BCUT2D eigenvalue weighted by atomic mass is 16.2. The van der Waals surface area contributed by atoms with Crippen molar-refractivity contribution < 1.29 is 9.59 Å².